The second-order valence-electron chi connectivity index (χ2n) is 17.3. The van der Waals surface area contributed by atoms with E-state index in [1.165, 1.54) is 38.1 Å². The van der Waals surface area contributed by atoms with Gasteiger partial charge in [0.2, 0.25) is 0 Å². The van der Waals surface area contributed by atoms with Gasteiger partial charge in [-0.2, -0.15) is 0 Å². The van der Waals surface area contributed by atoms with Crippen molar-refractivity contribution in [1.82, 2.24) is 0 Å². The van der Waals surface area contributed by atoms with Crippen molar-refractivity contribution >= 4 is 23.5 Å². The number of hydrogen-bond acceptors (Lipinski definition) is 14. The summed E-state index contributed by atoms with van der Waals surface area (Å²) in [4.78, 5) is 46.2. The molecule has 6 rings (SSSR count). The molecule has 0 saturated carbocycles. The first kappa shape index (κ1) is 64.3. The number of aromatic hydroxyl groups is 2. The molecular weight excluding hydrogens is 991 g/mol. The van der Waals surface area contributed by atoms with Gasteiger partial charge in [-0.3, -0.25) is 9.59 Å². The normalized spacial score (nSPS) is 10.4. The zero-order valence-corrected chi connectivity index (χ0v) is 49.1. The first-order valence-electron chi connectivity index (χ1n) is 25.2. The second kappa shape index (κ2) is 33.2. The minimum Gasteiger partial charge on any atom is -0.545 e. The van der Waals surface area contributed by atoms with E-state index in [2.05, 4.69) is 13.8 Å². The van der Waals surface area contributed by atoms with Gasteiger partial charge in [0.15, 0.2) is 11.6 Å². The molecule has 0 bridgehead atoms. The SMILES string of the molecule is CCCc1c(OCCCCOc2cc(O)c(C(C)=O)cc2CC)cccc1Oc1ccccc1C(=O)[O-].CCCc1c(OCCCCOc2cc(O)c(C(C)=O)cc2CC)cccc1Oc1ccccc1C(=O)[O-].[Na+].[Na+]. The first-order chi connectivity index (χ1) is 35.7. The number of carboxylic acids is 2. The smallest absolute Gasteiger partial charge is 0.545 e. The summed E-state index contributed by atoms with van der Waals surface area (Å²) >= 11 is 0. The third-order valence-corrected chi connectivity index (χ3v) is 11.8. The summed E-state index contributed by atoms with van der Waals surface area (Å²) in [6.45, 7) is 12.7. The number of ether oxygens (including phenoxy) is 6. The minimum atomic E-state index is -1.29. The largest absolute Gasteiger partial charge is 1.00 e. The predicted octanol–water partition coefficient (Wildman–Crippen LogP) is 5.02. The molecule has 6 aromatic carbocycles. The van der Waals surface area contributed by atoms with Crippen LogP contribution in [-0.4, -0.2) is 60.1 Å². The zero-order chi connectivity index (χ0) is 53.6. The Bertz CT molecular complexity index is 2670. The Morgan fingerprint density at radius 1 is 0.421 bits per heavy atom. The molecule has 0 atom stereocenters. The number of phenols is 2. The van der Waals surface area contributed by atoms with E-state index in [-0.39, 0.29) is 105 Å². The van der Waals surface area contributed by atoms with Crippen LogP contribution in [0.1, 0.15) is 144 Å². The minimum absolute atomic E-state index is 0. The number of rotatable bonds is 28. The fourth-order valence-electron chi connectivity index (χ4n) is 7.98. The fourth-order valence-corrected chi connectivity index (χ4v) is 7.98. The molecule has 0 unspecified atom stereocenters. The molecular formula is C60H66Na2O14. The van der Waals surface area contributed by atoms with Crippen LogP contribution in [0.15, 0.2) is 109 Å². The number of aryl methyl sites for hydroxylation is 2. The Kier molecular flexibility index (Phi) is 28.1. The zero-order valence-electron chi connectivity index (χ0n) is 45.1. The van der Waals surface area contributed by atoms with Crippen LogP contribution < -0.4 is 97.7 Å². The van der Waals surface area contributed by atoms with Crippen molar-refractivity contribution in [2.45, 2.75) is 106 Å². The van der Waals surface area contributed by atoms with Crippen LogP contribution in [-0.2, 0) is 25.7 Å². The molecule has 0 aromatic heterocycles. The predicted molar refractivity (Wildman–Crippen MR) is 278 cm³/mol. The van der Waals surface area contributed by atoms with E-state index in [0.717, 1.165) is 60.8 Å². The summed E-state index contributed by atoms with van der Waals surface area (Å²) in [7, 11) is 0. The number of carbonyl (C=O) groups excluding carboxylic acids is 4. The quantitative estimate of drug-likeness (QED) is 0.0376. The van der Waals surface area contributed by atoms with Crippen molar-refractivity contribution in [1.29, 1.82) is 0 Å². The van der Waals surface area contributed by atoms with E-state index in [0.29, 0.717) is 97.7 Å². The average molecular weight is 1060 g/mol. The van der Waals surface area contributed by atoms with Crippen LogP contribution in [0.4, 0.5) is 0 Å². The third-order valence-electron chi connectivity index (χ3n) is 11.8. The van der Waals surface area contributed by atoms with E-state index in [1.807, 2.05) is 38.1 Å². The molecule has 6 aromatic rings. The number of aromatic carboxylic acids is 2. The molecule has 0 aliphatic heterocycles. The summed E-state index contributed by atoms with van der Waals surface area (Å²) in [5.74, 6) is 1.01. The van der Waals surface area contributed by atoms with Crippen LogP contribution in [0, 0.1) is 0 Å². The maximum absolute atomic E-state index is 11.7. The van der Waals surface area contributed by atoms with Gasteiger partial charge in [-0.25, -0.2) is 0 Å². The molecule has 76 heavy (non-hydrogen) atoms. The Morgan fingerprint density at radius 3 is 1.05 bits per heavy atom. The topological polar surface area (TPSA) is 210 Å². The average Bonchev–Trinajstić information content (AvgIpc) is 3.38. The summed E-state index contributed by atoms with van der Waals surface area (Å²) in [5.41, 5.74) is 4.09. The van der Waals surface area contributed by atoms with Crippen molar-refractivity contribution in [2.75, 3.05) is 26.4 Å². The second-order valence-corrected chi connectivity index (χ2v) is 17.3. The number of phenolic OH excluding ortho intramolecular Hbond substituents is 2. The Hall–Kier alpha value is -6.00. The molecule has 14 nitrogen and oxygen atoms in total. The van der Waals surface area contributed by atoms with Gasteiger partial charge in [0.05, 0.1) is 49.5 Å². The number of para-hydroxylation sites is 2. The standard InChI is InChI=1S/2C30H34O7.2Na/c2*1-4-11-22-26(14-10-15-27(22)37-28-13-7-6-12-23(28)30(33)34)35-16-8-9-17-36-29-19-25(32)24(20(3)31)18-21(29)5-2;;/h2*6-7,10,12-15,18-19,32H,4-5,8-9,11,16-17H2,1-3H3,(H,33,34);;/q;;2*+1/p-2. The summed E-state index contributed by atoms with van der Waals surface area (Å²) in [6.07, 6.45) is 7.46. The van der Waals surface area contributed by atoms with Gasteiger partial charge in [0.25, 0.3) is 0 Å². The van der Waals surface area contributed by atoms with Gasteiger partial charge in [0, 0.05) is 34.4 Å². The van der Waals surface area contributed by atoms with E-state index in [1.54, 1.807) is 60.7 Å². The number of benzene rings is 6. The van der Waals surface area contributed by atoms with Crippen LogP contribution in [0.5, 0.6) is 57.5 Å². The Labute approximate surface area is 490 Å². The number of ketones is 2. The van der Waals surface area contributed by atoms with Gasteiger partial charge < -0.3 is 58.4 Å². The van der Waals surface area contributed by atoms with Gasteiger partial charge in [0.1, 0.15) is 57.5 Å². The van der Waals surface area contributed by atoms with E-state index < -0.39 is 11.9 Å². The molecule has 0 spiro atoms. The molecule has 0 radical (unpaired) electrons. The molecule has 0 aliphatic rings. The summed E-state index contributed by atoms with van der Waals surface area (Å²) < 4.78 is 35.8. The number of hydrogen-bond donors (Lipinski definition) is 2. The molecule has 0 saturated heterocycles. The maximum Gasteiger partial charge on any atom is 1.00 e. The third kappa shape index (κ3) is 18.6. The van der Waals surface area contributed by atoms with E-state index >= 15 is 0 Å². The molecule has 0 aliphatic carbocycles. The number of carbonyl (C=O) groups is 4. The molecule has 0 amide bonds. The number of carboxylic acid groups (broad SMARTS) is 2. The van der Waals surface area contributed by atoms with Crippen LogP contribution in [0.25, 0.3) is 0 Å². The maximum atomic E-state index is 11.7. The monoisotopic (exact) mass is 1060 g/mol. The molecule has 2 N–H and O–H groups in total. The molecule has 392 valence electrons. The number of unbranched alkanes of at least 4 members (excludes halogenated alkanes) is 2. The van der Waals surface area contributed by atoms with Crippen molar-refractivity contribution in [2.24, 2.45) is 0 Å². The van der Waals surface area contributed by atoms with E-state index in [4.69, 9.17) is 28.4 Å². The van der Waals surface area contributed by atoms with Crippen molar-refractivity contribution in [3.05, 3.63) is 154 Å². The van der Waals surface area contributed by atoms with Crippen molar-refractivity contribution < 1.29 is 127 Å². The van der Waals surface area contributed by atoms with Crippen LogP contribution in [0.3, 0.4) is 0 Å². The Morgan fingerprint density at radius 2 is 0.737 bits per heavy atom. The summed E-state index contributed by atoms with van der Waals surface area (Å²) in [6, 6.07) is 30.2. The van der Waals surface area contributed by atoms with Gasteiger partial charge in [-0.1, -0.05) is 76.9 Å². The van der Waals surface area contributed by atoms with Gasteiger partial charge in [-0.15, -0.1) is 0 Å². The van der Waals surface area contributed by atoms with Crippen LogP contribution in [0.2, 0.25) is 0 Å². The molecule has 0 heterocycles. The van der Waals surface area contributed by atoms with Gasteiger partial charge >= 0.3 is 59.1 Å². The number of Topliss-reactive ketones (excluding diaryl/α,β-unsaturated/α-hetero) is 2. The van der Waals surface area contributed by atoms with Crippen molar-refractivity contribution in [3.63, 3.8) is 0 Å². The van der Waals surface area contributed by atoms with Crippen molar-refractivity contribution in [3.8, 4) is 57.5 Å². The van der Waals surface area contributed by atoms with Crippen LogP contribution >= 0.6 is 0 Å². The fraction of sp³-hybridized carbons (Fsp3) is 0.333. The summed E-state index contributed by atoms with van der Waals surface area (Å²) in [5, 5.41) is 43.1. The first-order valence-corrected chi connectivity index (χ1v) is 25.2. The Balaban J connectivity index is 0.000000390. The molecule has 16 heteroatoms. The van der Waals surface area contributed by atoms with E-state index in [9.17, 15) is 39.6 Å². The van der Waals surface area contributed by atoms with Gasteiger partial charge in [-0.05, 0) is 137 Å². The molecule has 0 fully saturated rings.